The number of hydrogen-bond donors (Lipinski definition) is 0. The van der Waals surface area contributed by atoms with Gasteiger partial charge in [-0.15, -0.1) is 0 Å². The number of aryl methyl sites for hydroxylation is 1. The van der Waals surface area contributed by atoms with Crippen LogP contribution >= 0.6 is 90.4 Å². The molecule has 0 atom stereocenters. The fraction of sp³-hybridized carbons (Fsp3) is 0.310. The number of benzene rings is 4. The van der Waals surface area contributed by atoms with Crippen LogP contribution in [0.5, 0.6) is 17.2 Å². The van der Waals surface area contributed by atoms with Gasteiger partial charge in [-0.1, -0.05) is 20.8 Å². The summed E-state index contributed by atoms with van der Waals surface area (Å²) < 4.78 is 23.9. The fourth-order valence-electron chi connectivity index (χ4n) is 4.39. The smallest absolute Gasteiger partial charge is 0.250 e. The van der Waals surface area contributed by atoms with Crippen LogP contribution in [0.3, 0.4) is 0 Å². The zero-order valence-electron chi connectivity index (χ0n) is 22.2. The monoisotopic (exact) mass is 962 g/mol. The Kier molecular flexibility index (Phi) is 8.95. The molecule has 3 nitrogen and oxygen atoms in total. The Labute approximate surface area is 275 Å². The molecule has 0 heterocycles. The van der Waals surface area contributed by atoms with Crippen molar-refractivity contribution >= 4 is 120 Å². The molecule has 37 heavy (non-hydrogen) atoms. The van der Waals surface area contributed by atoms with E-state index in [1.54, 1.807) is 14.2 Å². The Morgan fingerprint density at radius 1 is 0.649 bits per heavy atom. The van der Waals surface area contributed by atoms with E-state index in [4.69, 9.17) is 13.9 Å². The number of rotatable bonds is 5. The average molecular weight is 962 g/mol. The van der Waals surface area contributed by atoms with Gasteiger partial charge in [-0.05, 0) is 168 Å². The summed E-state index contributed by atoms with van der Waals surface area (Å²) in [4.78, 5) is 0. The van der Waals surface area contributed by atoms with E-state index >= 15 is 0 Å². The summed E-state index contributed by atoms with van der Waals surface area (Å²) >= 11 is 9.65. The largest absolute Gasteiger partial charge is 0.543 e. The number of halogens is 4. The highest BCUT2D eigenvalue weighted by atomic mass is 127. The van der Waals surface area contributed by atoms with Crippen LogP contribution in [0.25, 0.3) is 32.7 Å². The molecule has 4 rings (SSSR count). The zero-order valence-corrected chi connectivity index (χ0v) is 31.8. The van der Waals surface area contributed by atoms with Gasteiger partial charge in [0.25, 0.3) is 8.32 Å². The first kappa shape index (κ1) is 29.9. The van der Waals surface area contributed by atoms with Gasteiger partial charge < -0.3 is 13.9 Å². The maximum absolute atomic E-state index is 7.07. The van der Waals surface area contributed by atoms with Gasteiger partial charge in [-0.2, -0.15) is 0 Å². The highest BCUT2D eigenvalue weighted by Crippen LogP contribution is 2.52. The predicted octanol–water partition coefficient (Wildman–Crippen LogP) is 10.8. The first-order valence-electron chi connectivity index (χ1n) is 11.9. The molecule has 0 aliphatic heterocycles. The van der Waals surface area contributed by atoms with E-state index in [1.807, 2.05) is 0 Å². The Balaban J connectivity index is 2.27. The van der Waals surface area contributed by atoms with Crippen molar-refractivity contribution < 1.29 is 13.9 Å². The molecule has 0 saturated carbocycles. The summed E-state index contributed by atoms with van der Waals surface area (Å²) in [6.07, 6.45) is 0. The topological polar surface area (TPSA) is 27.7 Å². The molecule has 0 N–H and O–H groups in total. The normalized spacial score (nSPS) is 12.3. The predicted molar refractivity (Wildman–Crippen MR) is 193 cm³/mol. The molecule has 196 valence electrons. The highest BCUT2D eigenvalue weighted by molar-refractivity contribution is 14.1. The van der Waals surface area contributed by atoms with Crippen LogP contribution in [0.15, 0.2) is 36.4 Å². The lowest BCUT2D eigenvalue weighted by molar-refractivity contribution is 0.410. The average Bonchev–Trinajstić information content (AvgIpc) is 2.78. The lowest BCUT2D eigenvalue weighted by Gasteiger charge is -2.37. The lowest BCUT2D eigenvalue weighted by atomic mass is 9.90. The molecule has 0 bridgehead atoms. The minimum absolute atomic E-state index is 0.0628. The lowest BCUT2D eigenvalue weighted by Crippen LogP contribution is -2.43. The van der Waals surface area contributed by atoms with Crippen LogP contribution in [-0.4, -0.2) is 22.5 Å². The van der Waals surface area contributed by atoms with Crippen LogP contribution in [-0.2, 0) is 0 Å². The third kappa shape index (κ3) is 5.60. The molecular weight excluding hydrogens is 932 g/mol. The van der Waals surface area contributed by atoms with Crippen LogP contribution in [0.2, 0.25) is 18.1 Å². The van der Waals surface area contributed by atoms with Gasteiger partial charge in [0.05, 0.1) is 14.2 Å². The van der Waals surface area contributed by atoms with E-state index in [-0.39, 0.29) is 5.04 Å². The summed E-state index contributed by atoms with van der Waals surface area (Å²) in [5.74, 6) is 2.56. The SMILES string of the molecule is COc1cc(I)c2cc(I)cc(C)c2c1-c1c(OC)cc(I)c2cc(I)cc(O[Si](C)(C)C(C)(C)C)c12. The van der Waals surface area contributed by atoms with Gasteiger partial charge in [-0.3, -0.25) is 0 Å². The minimum atomic E-state index is -2.14. The van der Waals surface area contributed by atoms with Gasteiger partial charge in [0.15, 0.2) is 0 Å². The Morgan fingerprint density at radius 3 is 1.59 bits per heavy atom. The Bertz CT molecular complexity index is 1540. The van der Waals surface area contributed by atoms with Crippen molar-refractivity contribution in [3.63, 3.8) is 0 Å². The number of hydrogen-bond acceptors (Lipinski definition) is 3. The number of ether oxygens (including phenoxy) is 2. The number of fused-ring (bicyclic) bond motifs is 2. The minimum Gasteiger partial charge on any atom is -0.543 e. The van der Waals surface area contributed by atoms with Crippen LogP contribution in [0.4, 0.5) is 0 Å². The Hall–Kier alpha value is -0.0631. The Morgan fingerprint density at radius 2 is 1.11 bits per heavy atom. The molecule has 0 fully saturated rings. The maximum Gasteiger partial charge on any atom is 0.250 e. The van der Waals surface area contributed by atoms with Crippen molar-refractivity contribution in [1.82, 2.24) is 0 Å². The van der Waals surface area contributed by atoms with Gasteiger partial charge in [0.1, 0.15) is 17.2 Å². The molecule has 0 spiro atoms. The second kappa shape index (κ2) is 11.1. The maximum atomic E-state index is 7.07. The zero-order chi connectivity index (χ0) is 27.4. The molecule has 0 radical (unpaired) electrons. The molecule has 0 aromatic heterocycles. The first-order valence-corrected chi connectivity index (χ1v) is 19.1. The standard InChI is InChI=1S/C29H30I4O3Si/c1-15-9-16(30)10-18-20(32)13-22(34-5)27(25(15)18)28-23(35-6)14-21(33)19-11-17(31)12-24(26(19)28)36-37(7,8)29(2,3)4/h9-14H,1-8H3. The molecule has 4 aromatic carbocycles. The van der Waals surface area contributed by atoms with Crippen LogP contribution < -0.4 is 13.9 Å². The summed E-state index contributed by atoms with van der Waals surface area (Å²) in [6, 6.07) is 13.2. The van der Waals surface area contributed by atoms with Crippen molar-refractivity contribution in [1.29, 1.82) is 0 Å². The first-order chi connectivity index (χ1) is 17.2. The summed E-state index contributed by atoms with van der Waals surface area (Å²) in [5, 5.41) is 4.70. The molecule has 0 aliphatic carbocycles. The quantitative estimate of drug-likeness (QED) is 0.147. The third-order valence-electron chi connectivity index (χ3n) is 7.25. The summed E-state index contributed by atoms with van der Waals surface area (Å²) in [5.41, 5.74) is 3.27. The van der Waals surface area contributed by atoms with Gasteiger partial charge >= 0.3 is 0 Å². The van der Waals surface area contributed by atoms with E-state index in [0.29, 0.717) is 0 Å². The van der Waals surface area contributed by atoms with E-state index in [2.05, 4.69) is 168 Å². The molecular formula is C29H30I4O3Si. The summed E-state index contributed by atoms with van der Waals surface area (Å²) in [6.45, 7) is 13.6. The van der Waals surface area contributed by atoms with Crippen LogP contribution in [0, 0.1) is 21.2 Å². The summed E-state index contributed by atoms with van der Waals surface area (Å²) in [7, 11) is 1.36. The van der Waals surface area contributed by atoms with Crippen molar-refractivity contribution in [2.24, 2.45) is 0 Å². The second-order valence-electron chi connectivity index (χ2n) is 10.7. The second-order valence-corrected chi connectivity index (χ2v) is 20.2. The fourth-order valence-corrected chi connectivity index (χ4v) is 8.20. The van der Waals surface area contributed by atoms with Crippen LogP contribution in [0.1, 0.15) is 26.3 Å². The molecule has 0 saturated heterocycles. The van der Waals surface area contributed by atoms with E-state index in [1.165, 1.54) is 19.9 Å². The number of methoxy groups -OCH3 is 2. The van der Waals surface area contributed by atoms with Gasteiger partial charge in [0, 0.05) is 36.2 Å². The van der Waals surface area contributed by atoms with Crippen molar-refractivity contribution in [3.05, 3.63) is 56.2 Å². The van der Waals surface area contributed by atoms with E-state index in [9.17, 15) is 0 Å². The van der Waals surface area contributed by atoms with Crippen molar-refractivity contribution in [3.8, 4) is 28.4 Å². The van der Waals surface area contributed by atoms with Gasteiger partial charge in [-0.25, -0.2) is 0 Å². The molecule has 0 aliphatic rings. The molecule has 4 aromatic rings. The molecule has 0 unspecified atom stereocenters. The van der Waals surface area contributed by atoms with Crippen molar-refractivity contribution in [2.45, 2.75) is 45.8 Å². The van der Waals surface area contributed by atoms with E-state index in [0.717, 1.165) is 49.9 Å². The molecule has 0 amide bonds. The van der Waals surface area contributed by atoms with E-state index < -0.39 is 8.32 Å². The van der Waals surface area contributed by atoms with Crippen molar-refractivity contribution in [2.75, 3.05) is 14.2 Å². The third-order valence-corrected chi connectivity index (χ3v) is 14.6. The van der Waals surface area contributed by atoms with Gasteiger partial charge in [0.2, 0.25) is 0 Å². The molecule has 8 heteroatoms. The highest BCUT2D eigenvalue weighted by Gasteiger charge is 2.40.